The zero-order chi connectivity index (χ0) is 20.5. The van der Waals surface area contributed by atoms with Crippen LogP contribution in [0.2, 0.25) is 0 Å². The Bertz CT molecular complexity index is 916. The largest absolute Gasteiger partial charge is 0.416 e. The van der Waals surface area contributed by atoms with E-state index in [1.807, 2.05) is 0 Å². The first kappa shape index (κ1) is 19.6. The highest BCUT2D eigenvalue weighted by Crippen LogP contribution is 2.34. The summed E-state index contributed by atoms with van der Waals surface area (Å²) >= 11 is 0. The molecule has 148 valence electrons. The number of alkyl halides is 3. The van der Waals surface area contributed by atoms with Crippen LogP contribution in [0.4, 0.5) is 18.9 Å². The van der Waals surface area contributed by atoms with Crippen LogP contribution >= 0.6 is 0 Å². The number of carbonyl (C=O) groups excluding carboxylic acids is 2. The lowest BCUT2D eigenvalue weighted by Gasteiger charge is -2.38. The second kappa shape index (κ2) is 7.45. The first-order valence-corrected chi connectivity index (χ1v) is 8.48. The highest BCUT2D eigenvalue weighted by atomic mass is 19.4. The van der Waals surface area contributed by atoms with Crippen molar-refractivity contribution in [2.75, 3.05) is 18.4 Å². The van der Waals surface area contributed by atoms with Crippen molar-refractivity contribution in [1.29, 1.82) is 0 Å². The minimum Gasteiger partial charge on any atom is -0.338 e. The number of aromatic nitrogens is 3. The average molecular weight is 393 g/mol. The highest BCUT2D eigenvalue weighted by molar-refractivity contribution is 5.92. The van der Waals surface area contributed by atoms with Crippen molar-refractivity contribution >= 4 is 17.5 Å². The Hall–Kier alpha value is -3.17. The molecule has 0 spiro atoms. The van der Waals surface area contributed by atoms with Gasteiger partial charge in [-0.3, -0.25) is 14.7 Å². The standard InChI is InChI=1S/C18H18F3N5O2/c1-3-16(28)26-8-11(9-26)4-15(27)23-14-6-12(17-22-10(2)24-25-17)5-13(7-14)18(19,20)21/h3,5-7,11H,1,4,8-9H2,2H3,(H,23,27)(H,22,24,25). The molecule has 1 aliphatic rings. The number of aryl methyl sites for hydroxylation is 1. The van der Waals surface area contributed by atoms with Gasteiger partial charge in [-0.15, -0.1) is 0 Å². The SMILES string of the molecule is C=CC(=O)N1CC(CC(=O)Nc2cc(-c3n[nH]c(C)n3)cc(C(F)(F)F)c2)C1. The number of halogens is 3. The molecule has 10 heteroatoms. The van der Waals surface area contributed by atoms with Gasteiger partial charge in [0.2, 0.25) is 11.8 Å². The van der Waals surface area contributed by atoms with E-state index in [0.717, 1.165) is 12.1 Å². The van der Waals surface area contributed by atoms with Crippen molar-refractivity contribution in [3.8, 4) is 11.4 Å². The summed E-state index contributed by atoms with van der Waals surface area (Å²) in [5, 5.41) is 8.95. The van der Waals surface area contributed by atoms with Gasteiger partial charge in [-0.25, -0.2) is 4.98 Å². The number of nitrogens with one attached hydrogen (secondary N) is 2. The number of nitrogens with zero attached hydrogens (tertiary/aromatic N) is 3. The second-order valence-electron chi connectivity index (χ2n) is 6.61. The third kappa shape index (κ3) is 4.38. The predicted octanol–water partition coefficient (Wildman–Crippen LogP) is 2.77. The molecular weight excluding hydrogens is 375 g/mol. The van der Waals surface area contributed by atoms with Crippen molar-refractivity contribution in [2.45, 2.75) is 19.5 Å². The Morgan fingerprint density at radius 1 is 1.36 bits per heavy atom. The monoisotopic (exact) mass is 393 g/mol. The number of aromatic amines is 1. The first-order valence-electron chi connectivity index (χ1n) is 8.48. The van der Waals surface area contributed by atoms with Gasteiger partial charge >= 0.3 is 6.18 Å². The smallest absolute Gasteiger partial charge is 0.338 e. The summed E-state index contributed by atoms with van der Waals surface area (Å²) in [7, 11) is 0. The number of hydrogen-bond acceptors (Lipinski definition) is 4. The summed E-state index contributed by atoms with van der Waals surface area (Å²) in [6, 6.07) is 3.20. The summed E-state index contributed by atoms with van der Waals surface area (Å²) in [6.45, 7) is 5.86. The fourth-order valence-corrected chi connectivity index (χ4v) is 2.95. The van der Waals surface area contributed by atoms with E-state index < -0.39 is 17.6 Å². The van der Waals surface area contributed by atoms with Gasteiger partial charge in [0.15, 0.2) is 5.82 Å². The number of carbonyl (C=O) groups is 2. The highest BCUT2D eigenvalue weighted by Gasteiger charge is 2.33. The summed E-state index contributed by atoms with van der Waals surface area (Å²) in [5.41, 5.74) is -0.759. The molecule has 28 heavy (non-hydrogen) atoms. The van der Waals surface area contributed by atoms with Gasteiger partial charge in [0.25, 0.3) is 0 Å². The quantitative estimate of drug-likeness (QED) is 0.765. The van der Waals surface area contributed by atoms with E-state index in [4.69, 9.17) is 0 Å². The molecule has 0 bridgehead atoms. The number of anilines is 1. The summed E-state index contributed by atoms with van der Waals surface area (Å²) in [4.78, 5) is 29.2. The molecule has 2 N–H and O–H groups in total. The van der Waals surface area contributed by atoms with Gasteiger partial charge in [0, 0.05) is 36.7 Å². The maximum atomic E-state index is 13.2. The van der Waals surface area contributed by atoms with Gasteiger partial charge in [-0.2, -0.15) is 18.3 Å². The van der Waals surface area contributed by atoms with E-state index in [2.05, 4.69) is 27.1 Å². The van der Waals surface area contributed by atoms with Gasteiger partial charge in [0.1, 0.15) is 5.82 Å². The fourth-order valence-electron chi connectivity index (χ4n) is 2.95. The topological polar surface area (TPSA) is 91.0 Å². The van der Waals surface area contributed by atoms with Gasteiger partial charge in [0.05, 0.1) is 5.56 Å². The maximum Gasteiger partial charge on any atom is 0.416 e. The molecule has 3 rings (SSSR count). The molecule has 0 radical (unpaired) electrons. The number of hydrogen-bond donors (Lipinski definition) is 2. The zero-order valence-corrected chi connectivity index (χ0v) is 15.0. The van der Waals surface area contributed by atoms with Crippen LogP contribution in [0.5, 0.6) is 0 Å². The van der Waals surface area contributed by atoms with Crippen LogP contribution < -0.4 is 5.32 Å². The predicted molar refractivity (Wildman–Crippen MR) is 95.1 cm³/mol. The van der Waals surface area contributed by atoms with Crippen molar-refractivity contribution in [3.63, 3.8) is 0 Å². The van der Waals surface area contributed by atoms with E-state index in [0.29, 0.717) is 18.9 Å². The molecule has 1 aromatic carbocycles. The van der Waals surface area contributed by atoms with Crippen molar-refractivity contribution in [3.05, 3.63) is 42.2 Å². The summed E-state index contributed by atoms with van der Waals surface area (Å²) in [6.07, 6.45) is -3.28. The Morgan fingerprint density at radius 2 is 2.07 bits per heavy atom. The minimum atomic E-state index is -4.58. The zero-order valence-electron chi connectivity index (χ0n) is 15.0. The van der Waals surface area contributed by atoms with Crippen LogP contribution in [-0.2, 0) is 15.8 Å². The van der Waals surface area contributed by atoms with E-state index in [-0.39, 0.29) is 35.3 Å². The number of likely N-dealkylation sites (tertiary alicyclic amines) is 1. The molecule has 2 aromatic rings. The third-order valence-corrected chi connectivity index (χ3v) is 4.32. The van der Waals surface area contributed by atoms with Crippen LogP contribution in [0.15, 0.2) is 30.9 Å². The molecule has 0 unspecified atom stereocenters. The Morgan fingerprint density at radius 3 is 2.64 bits per heavy atom. The molecule has 1 fully saturated rings. The van der Waals surface area contributed by atoms with Crippen LogP contribution in [-0.4, -0.2) is 45.0 Å². The van der Waals surface area contributed by atoms with Crippen LogP contribution in [0, 0.1) is 12.8 Å². The third-order valence-electron chi connectivity index (χ3n) is 4.32. The molecule has 0 aliphatic carbocycles. The Labute approximate surface area is 158 Å². The second-order valence-corrected chi connectivity index (χ2v) is 6.61. The van der Waals surface area contributed by atoms with Gasteiger partial charge < -0.3 is 10.2 Å². The minimum absolute atomic E-state index is 0.00984. The van der Waals surface area contributed by atoms with E-state index in [1.54, 1.807) is 11.8 Å². The molecule has 1 aromatic heterocycles. The van der Waals surface area contributed by atoms with Crippen molar-refractivity contribution < 1.29 is 22.8 Å². The van der Waals surface area contributed by atoms with Crippen molar-refractivity contribution in [1.82, 2.24) is 20.1 Å². The number of amides is 2. The number of H-pyrrole nitrogens is 1. The first-order chi connectivity index (χ1) is 13.2. The van der Waals surface area contributed by atoms with Crippen molar-refractivity contribution in [2.24, 2.45) is 5.92 Å². The molecule has 1 aliphatic heterocycles. The lowest BCUT2D eigenvalue weighted by atomic mass is 9.95. The summed E-state index contributed by atoms with van der Waals surface area (Å²) < 4.78 is 39.7. The molecule has 2 heterocycles. The fraction of sp³-hybridized carbons (Fsp3) is 0.333. The summed E-state index contributed by atoms with van der Waals surface area (Å²) in [5.74, 6) is -0.101. The normalized spacial score (nSPS) is 14.5. The molecule has 0 saturated carbocycles. The maximum absolute atomic E-state index is 13.2. The van der Waals surface area contributed by atoms with E-state index >= 15 is 0 Å². The lowest BCUT2D eigenvalue weighted by molar-refractivity contribution is -0.137. The lowest BCUT2D eigenvalue weighted by Crippen LogP contribution is -2.50. The van der Waals surface area contributed by atoms with Gasteiger partial charge in [-0.05, 0) is 31.2 Å². The Kier molecular flexibility index (Phi) is 5.21. The molecule has 0 atom stereocenters. The molecule has 1 saturated heterocycles. The number of rotatable bonds is 5. The van der Waals surface area contributed by atoms with Crippen LogP contribution in [0.3, 0.4) is 0 Å². The number of benzene rings is 1. The average Bonchev–Trinajstić information content (AvgIpc) is 3.02. The Balaban J connectivity index is 1.73. The molecule has 2 amide bonds. The van der Waals surface area contributed by atoms with E-state index in [1.165, 1.54) is 12.1 Å². The molecule has 7 nitrogen and oxygen atoms in total. The van der Waals surface area contributed by atoms with Crippen LogP contribution in [0.1, 0.15) is 17.8 Å². The van der Waals surface area contributed by atoms with Crippen LogP contribution in [0.25, 0.3) is 11.4 Å². The molecular formula is C18H18F3N5O2. The van der Waals surface area contributed by atoms with Gasteiger partial charge in [-0.1, -0.05) is 6.58 Å². The van der Waals surface area contributed by atoms with E-state index in [9.17, 15) is 22.8 Å².